The SMILES string of the molecule is N/N=C(\NN)c1cc(Cl)ccc1NC(=O)Nc1cccc(C(F)(F)F)c1. The minimum Gasteiger partial charge on any atom is -0.321 e. The van der Waals surface area contributed by atoms with Crippen LogP contribution in [0.5, 0.6) is 0 Å². The van der Waals surface area contributed by atoms with Crippen molar-refractivity contribution in [3.8, 4) is 0 Å². The van der Waals surface area contributed by atoms with Crippen molar-refractivity contribution in [3.63, 3.8) is 0 Å². The van der Waals surface area contributed by atoms with Crippen LogP contribution >= 0.6 is 11.6 Å². The second-order valence-corrected chi connectivity index (χ2v) is 5.41. The summed E-state index contributed by atoms with van der Waals surface area (Å²) in [5.41, 5.74) is 1.87. The first kappa shape index (κ1) is 19.3. The van der Waals surface area contributed by atoms with Crippen LogP contribution in [0.15, 0.2) is 47.6 Å². The Labute approximate surface area is 151 Å². The van der Waals surface area contributed by atoms with Crippen LogP contribution in [-0.4, -0.2) is 11.9 Å². The number of hydrazone groups is 1. The molecular formula is C15H14ClF3N6O. The monoisotopic (exact) mass is 386 g/mol. The van der Waals surface area contributed by atoms with Gasteiger partial charge in [-0.1, -0.05) is 17.7 Å². The van der Waals surface area contributed by atoms with Crippen LogP contribution in [0, 0.1) is 0 Å². The molecule has 0 radical (unpaired) electrons. The minimum absolute atomic E-state index is 0.0301. The maximum absolute atomic E-state index is 12.7. The lowest BCUT2D eigenvalue weighted by Crippen LogP contribution is -2.33. The molecule has 2 aromatic rings. The lowest BCUT2D eigenvalue weighted by molar-refractivity contribution is -0.137. The minimum atomic E-state index is -4.52. The first-order valence-electron chi connectivity index (χ1n) is 7.04. The zero-order chi connectivity index (χ0) is 19.3. The Morgan fingerprint density at radius 3 is 2.46 bits per heavy atom. The summed E-state index contributed by atoms with van der Waals surface area (Å²) >= 11 is 5.90. The van der Waals surface area contributed by atoms with Crippen molar-refractivity contribution in [2.75, 3.05) is 10.6 Å². The van der Waals surface area contributed by atoms with E-state index >= 15 is 0 Å². The van der Waals surface area contributed by atoms with Crippen LogP contribution in [0.3, 0.4) is 0 Å². The average molecular weight is 387 g/mol. The molecule has 7 N–H and O–H groups in total. The highest BCUT2D eigenvalue weighted by atomic mass is 35.5. The zero-order valence-corrected chi connectivity index (χ0v) is 13.8. The van der Waals surface area contributed by atoms with Crippen LogP contribution in [0.1, 0.15) is 11.1 Å². The number of amides is 2. The summed E-state index contributed by atoms with van der Waals surface area (Å²) in [4.78, 5) is 12.1. The van der Waals surface area contributed by atoms with Gasteiger partial charge in [0.05, 0.1) is 11.3 Å². The van der Waals surface area contributed by atoms with Gasteiger partial charge in [-0.3, -0.25) is 0 Å². The first-order chi connectivity index (χ1) is 12.2. The topological polar surface area (TPSA) is 118 Å². The summed E-state index contributed by atoms with van der Waals surface area (Å²) in [6.45, 7) is 0. The molecule has 11 heteroatoms. The first-order valence-corrected chi connectivity index (χ1v) is 7.42. The molecule has 0 aromatic heterocycles. The molecule has 0 fully saturated rings. The molecular weight excluding hydrogens is 373 g/mol. The van der Waals surface area contributed by atoms with E-state index in [1.54, 1.807) is 0 Å². The lowest BCUT2D eigenvalue weighted by Gasteiger charge is -2.14. The number of urea groups is 1. The van der Waals surface area contributed by atoms with Gasteiger partial charge in [0.2, 0.25) is 0 Å². The molecule has 0 aliphatic rings. The van der Waals surface area contributed by atoms with Crippen molar-refractivity contribution in [2.45, 2.75) is 6.18 Å². The zero-order valence-electron chi connectivity index (χ0n) is 13.1. The number of nitrogens with one attached hydrogen (secondary N) is 3. The molecule has 0 saturated carbocycles. The van der Waals surface area contributed by atoms with E-state index < -0.39 is 17.8 Å². The molecule has 0 unspecified atom stereocenters. The van der Waals surface area contributed by atoms with Gasteiger partial charge in [0, 0.05) is 16.3 Å². The molecule has 138 valence electrons. The highest BCUT2D eigenvalue weighted by Crippen LogP contribution is 2.30. The summed E-state index contributed by atoms with van der Waals surface area (Å²) in [5, 5.41) is 8.55. The van der Waals surface area contributed by atoms with Gasteiger partial charge in [0.1, 0.15) is 0 Å². The molecule has 0 atom stereocenters. The van der Waals surface area contributed by atoms with Gasteiger partial charge in [-0.05, 0) is 36.4 Å². The van der Waals surface area contributed by atoms with Gasteiger partial charge >= 0.3 is 12.2 Å². The summed E-state index contributed by atoms with van der Waals surface area (Å²) in [5.74, 6) is 10.6. The third kappa shape index (κ3) is 4.77. The van der Waals surface area contributed by atoms with Gasteiger partial charge in [-0.15, -0.1) is 0 Å². The number of carbonyl (C=O) groups excluding carboxylic acids is 1. The van der Waals surface area contributed by atoms with Crippen molar-refractivity contribution in [1.82, 2.24) is 5.43 Å². The normalized spacial score (nSPS) is 11.8. The maximum Gasteiger partial charge on any atom is 0.416 e. The molecule has 2 rings (SSSR count). The van der Waals surface area contributed by atoms with Crippen molar-refractivity contribution < 1.29 is 18.0 Å². The van der Waals surface area contributed by atoms with E-state index in [9.17, 15) is 18.0 Å². The van der Waals surface area contributed by atoms with Gasteiger partial charge in [-0.2, -0.15) is 18.3 Å². The van der Waals surface area contributed by atoms with E-state index in [0.29, 0.717) is 10.6 Å². The Kier molecular flexibility index (Phi) is 5.90. The van der Waals surface area contributed by atoms with Crippen LogP contribution < -0.4 is 27.7 Å². The number of alkyl halides is 3. The molecule has 0 spiro atoms. The van der Waals surface area contributed by atoms with Gasteiger partial charge in [-0.25, -0.2) is 10.6 Å². The fraction of sp³-hybridized carbons (Fsp3) is 0.0667. The highest BCUT2D eigenvalue weighted by Gasteiger charge is 2.30. The number of nitrogens with zero attached hydrogens (tertiary/aromatic N) is 1. The van der Waals surface area contributed by atoms with Crippen LogP contribution in [0.4, 0.5) is 29.3 Å². The number of hydrazine groups is 1. The highest BCUT2D eigenvalue weighted by molar-refractivity contribution is 6.31. The molecule has 0 bridgehead atoms. The number of amidine groups is 1. The number of hydrogen-bond donors (Lipinski definition) is 5. The van der Waals surface area contributed by atoms with Crippen LogP contribution in [-0.2, 0) is 6.18 Å². The quantitative estimate of drug-likeness (QED) is 0.241. The third-order valence-corrected chi connectivity index (χ3v) is 3.43. The fourth-order valence-corrected chi connectivity index (χ4v) is 2.24. The predicted octanol–water partition coefficient (Wildman–Crippen LogP) is 3.09. The number of anilines is 2. The molecule has 0 saturated heterocycles. The Morgan fingerprint density at radius 2 is 1.85 bits per heavy atom. The largest absolute Gasteiger partial charge is 0.416 e. The van der Waals surface area contributed by atoms with Crippen molar-refractivity contribution >= 4 is 34.8 Å². The maximum atomic E-state index is 12.7. The Morgan fingerprint density at radius 1 is 1.12 bits per heavy atom. The van der Waals surface area contributed by atoms with E-state index in [0.717, 1.165) is 12.1 Å². The van der Waals surface area contributed by atoms with Crippen LogP contribution in [0.2, 0.25) is 5.02 Å². The Balaban J connectivity index is 2.21. The van der Waals surface area contributed by atoms with E-state index in [1.165, 1.54) is 30.3 Å². The van der Waals surface area contributed by atoms with Gasteiger partial charge in [0.15, 0.2) is 5.84 Å². The molecule has 7 nitrogen and oxygen atoms in total. The lowest BCUT2D eigenvalue weighted by atomic mass is 10.1. The van der Waals surface area contributed by atoms with Crippen molar-refractivity contribution in [1.29, 1.82) is 0 Å². The Hall–Kier alpha value is -2.98. The van der Waals surface area contributed by atoms with Gasteiger partial charge < -0.3 is 21.9 Å². The summed E-state index contributed by atoms with van der Waals surface area (Å²) in [7, 11) is 0. The smallest absolute Gasteiger partial charge is 0.321 e. The third-order valence-electron chi connectivity index (χ3n) is 3.20. The van der Waals surface area contributed by atoms with Gasteiger partial charge in [0.25, 0.3) is 0 Å². The van der Waals surface area contributed by atoms with Crippen LogP contribution in [0.25, 0.3) is 0 Å². The number of halogens is 4. The van der Waals surface area contributed by atoms with E-state index in [4.69, 9.17) is 23.3 Å². The standard InChI is InChI=1S/C15H14ClF3N6O/c16-9-4-5-12(11(7-9)13(24-20)25-21)23-14(26)22-10-3-1-2-8(6-10)15(17,18)19/h1-7H,20-21H2,(H,24,25)(H2,22,23,26). The van der Waals surface area contributed by atoms with E-state index in [-0.39, 0.29) is 17.2 Å². The Bertz CT molecular complexity index is 840. The summed E-state index contributed by atoms with van der Waals surface area (Å²) < 4.78 is 38.2. The number of hydrogen-bond acceptors (Lipinski definition) is 4. The van der Waals surface area contributed by atoms with E-state index in [2.05, 4.69) is 21.2 Å². The molecule has 0 heterocycles. The second-order valence-electron chi connectivity index (χ2n) is 4.97. The number of rotatable bonds is 3. The predicted molar refractivity (Wildman–Crippen MR) is 93.6 cm³/mol. The molecule has 0 aliphatic carbocycles. The van der Waals surface area contributed by atoms with E-state index in [1.807, 2.05) is 0 Å². The molecule has 0 aliphatic heterocycles. The summed E-state index contributed by atoms with van der Waals surface area (Å²) in [6, 6.07) is 7.86. The average Bonchev–Trinajstić information content (AvgIpc) is 2.57. The number of carbonyl (C=O) groups is 1. The summed E-state index contributed by atoms with van der Waals surface area (Å²) in [6.07, 6.45) is -4.52. The van der Waals surface area contributed by atoms with Crippen molar-refractivity contribution in [2.24, 2.45) is 16.8 Å². The molecule has 26 heavy (non-hydrogen) atoms. The second kappa shape index (κ2) is 7.93. The number of benzene rings is 2. The fourth-order valence-electron chi connectivity index (χ4n) is 2.06. The molecule has 2 amide bonds. The number of nitrogens with two attached hydrogens (primary N) is 2. The molecule has 2 aromatic carbocycles. The van der Waals surface area contributed by atoms with Crippen molar-refractivity contribution in [3.05, 3.63) is 58.6 Å².